The fraction of sp³-hybridized carbons (Fsp3) is 0.688. The van der Waals surface area contributed by atoms with Crippen molar-refractivity contribution in [1.29, 1.82) is 0 Å². The minimum absolute atomic E-state index is 0.287. The molecule has 0 unspecified atom stereocenters. The number of carboxylic acids is 1. The van der Waals surface area contributed by atoms with Gasteiger partial charge in [0.1, 0.15) is 0 Å². The number of unbranched alkanes of at least 4 members (excludes halogenated alkanes) is 3. The number of nitrogens with one attached hydrogen (secondary N) is 1. The van der Waals surface area contributed by atoms with Crippen LogP contribution in [-0.4, -0.2) is 47.4 Å². The predicted molar refractivity (Wildman–Crippen MR) is 83.3 cm³/mol. The number of hydrogen-bond donors (Lipinski definition) is 2. The monoisotopic (exact) mass is 310 g/mol. The molecule has 0 aromatic rings. The average Bonchev–Trinajstić information content (AvgIpc) is 2.69. The van der Waals surface area contributed by atoms with Crippen LogP contribution in [0.1, 0.15) is 51.4 Å². The van der Waals surface area contributed by atoms with Gasteiger partial charge < -0.3 is 15.3 Å². The van der Waals surface area contributed by atoms with Crippen LogP contribution < -0.4 is 5.32 Å². The van der Waals surface area contributed by atoms with Crippen LogP contribution in [0.25, 0.3) is 0 Å². The second-order valence-corrected chi connectivity index (χ2v) is 5.57. The van der Waals surface area contributed by atoms with Gasteiger partial charge in [-0.1, -0.05) is 19.3 Å². The molecule has 0 aromatic heterocycles. The van der Waals surface area contributed by atoms with Crippen LogP contribution in [0.5, 0.6) is 0 Å². The second kappa shape index (κ2) is 10.8. The van der Waals surface area contributed by atoms with Crippen molar-refractivity contribution in [3.8, 4) is 0 Å². The van der Waals surface area contributed by atoms with E-state index in [-0.39, 0.29) is 11.8 Å². The van der Waals surface area contributed by atoms with Crippen molar-refractivity contribution in [1.82, 2.24) is 10.2 Å². The topological polar surface area (TPSA) is 86.7 Å². The van der Waals surface area contributed by atoms with Crippen molar-refractivity contribution in [2.45, 2.75) is 51.4 Å². The number of carbonyl (C=O) groups is 3. The van der Waals surface area contributed by atoms with Crippen molar-refractivity contribution in [3.05, 3.63) is 12.2 Å². The summed E-state index contributed by atoms with van der Waals surface area (Å²) >= 11 is 0. The first-order valence-corrected chi connectivity index (χ1v) is 8.06. The molecule has 124 valence electrons. The average molecular weight is 310 g/mol. The molecule has 0 atom stereocenters. The van der Waals surface area contributed by atoms with E-state index in [1.807, 2.05) is 4.90 Å². The maximum absolute atomic E-state index is 11.8. The van der Waals surface area contributed by atoms with Crippen LogP contribution in [0.2, 0.25) is 0 Å². The predicted octanol–water partition coefficient (Wildman–Crippen LogP) is 1.71. The van der Waals surface area contributed by atoms with Crippen LogP contribution in [0.15, 0.2) is 12.2 Å². The van der Waals surface area contributed by atoms with Crippen LogP contribution in [0.4, 0.5) is 0 Å². The van der Waals surface area contributed by atoms with Crippen LogP contribution in [0.3, 0.4) is 0 Å². The Morgan fingerprint density at radius 2 is 1.86 bits per heavy atom. The van der Waals surface area contributed by atoms with Gasteiger partial charge in [-0.05, 0) is 25.7 Å². The largest absolute Gasteiger partial charge is 0.478 e. The van der Waals surface area contributed by atoms with Gasteiger partial charge in [-0.15, -0.1) is 0 Å². The summed E-state index contributed by atoms with van der Waals surface area (Å²) < 4.78 is 0. The Balaban J connectivity index is 2.00. The number of carboxylic acid groups (broad SMARTS) is 1. The summed E-state index contributed by atoms with van der Waals surface area (Å²) in [6.07, 6.45) is 9.71. The number of rotatable bonds is 9. The lowest BCUT2D eigenvalue weighted by molar-refractivity contribution is -0.132. The van der Waals surface area contributed by atoms with Gasteiger partial charge in [-0.2, -0.15) is 0 Å². The van der Waals surface area contributed by atoms with Gasteiger partial charge in [0.2, 0.25) is 11.8 Å². The highest BCUT2D eigenvalue weighted by atomic mass is 16.4. The molecule has 22 heavy (non-hydrogen) atoms. The Morgan fingerprint density at radius 1 is 1.09 bits per heavy atom. The Morgan fingerprint density at radius 3 is 2.64 bits per heavy atom. The van der Waals surface area contributed by atoms with Gasteiger partial charge in [0, 0.05) is 38.2 Å². The number of aliphatic carboxylic acids is 1. The molecule has 1 aliphatic heterocycles. The van der Waals surface area contributed by atoms with Gasteiger partial charge in [-0.3, -0.25) is 9.59 Å². The first kappa shape index (κ1) is 18.2. The zero-order chi connectivity index (χ0) is 16.2. The molecule has 6 nitrogen and oxygen atoms in total. The van der Waals surface area contributed by atoms with Gasteiger partial charge >= 0.3 is 5.97 Å². The third-order valence-electron chi connectivity index (χ3n) is 3.70. The Kier molecular flexibility index (Phi) is 8.95. The highest BCUT2D eigenvalue weighted by Crippen LogP contribution is 2.12. The Bertz CT molecular complexity index is 407. The molecular formula is C16H26N2O4. The number of amides is 2. The Hall–Kier alpha value is -1.85. The van der Waals surface area contributed by atoms with Gasteiger partial charge in [0.25, 0.3) is 0 Å². The molecule has 0 saturated carbocycles. The molecule has 1 fully saturated rings. The molecule has 0 aliphatic carbocycles. The third-order valence-corrected chi connectivity index (χ3v) is 3.70. The molecule has 1 rings (SSSR count). The third kappa shape index (κ3) is 8.44. The minimum atomic E-state index is -1.13. The van der Waals surface area contributed by atoms with E-state index in [0.29, 0.717) is 13.0 Å². The van der Waals surface area contributed by atoms with E-state index in [1.165, 1.54) is 0 Å². The normalized spacial score (nSPS) is 15.8. The first-order chi connectivity index (χ1) is 10.6. The van der Waals surface area contributed by atoms with Crippen molar-refractivity contribution in [3.63, 3.8) is 0 Å². The molecule has 1 aliphatic rings. The van der Waals surface area contributed by atoms with E-state index in [9.17, 15) is 14.4 Å². The summed E-state index contributed by atoms with van der Waals surface area (Å²) in [6, 6.07) is 0. The molecule has 2 N–H and O–H groups in total. The molecule has 0 spiro atoms. The molecule has 0 bridgehead atoms. The van der Waals surface area contributed by atoms with E-state index >= 15 is 0 Å². The molecule has 6 heteroatoms. The smallest absolute Gasteiger partial charge is 0.328 e. The summed E-state index contributed by atoms with van der Waals surface area (Å²) in [5.41, 5.74) is 0. The fourth-order valence-electron chi connectivity index (χ4n) is 2.47. The first-order valence-electron chi connectivity index (χ1n) is 8.06. The number of nitrogens with zero attached hydrogens (tertiary/aromatic N) is 1. The summed E-state index contributed by atoms with van der Waals surface area (Å²) in [7, 11) is 0. The van der Waals surface area contributed by atoms with E-state index < -0.39 is 5.97 Å². The van der Waals surface area contributed by atoms with Gasteiger partial charge in [0.15, 0.2) is 0 Å². The highest BCUT2D eigenvalue weighted by Gasteiger charge is 2.15. The van der Waals surface area contributed by atoms with Crippen molar-refractivity contribution in [2.24, 2.45) is 0 Å². The second-order valence-electron chi connectivity index (χ2n) is 5.57. The van der Waals surface area contributed by atoms with E-state index in [2.05, 4.69) is 5.32 Å². The summed E-state index contributed by atoms with van der Waals surface area (Å²) in [6.45, 7) is 2.28. The lowest BCUT2D eigenvalue weighted by atomic mass is 10.2. The van der Waals surface area contributed by atoms with E-state index in [1.54, 1.807) is 0 Å². The lowest BCUT2D eigenvalue weighted by Gasteiger charge is -2.20. The van der Waals surface area contributed by atoms with Crippen LogP contribution >= 0.6 is 0 Å². The number of carbonyl (C=O) groups excluding carboxylic acids is 2. The standard InChI is InChI=1S/C16H26N2O4/c19-14(9-10-16(21)22)17-11-5-1-2-6-12-18-13-7-3-4-8-15(18)20/h9-10H,1-8,11-13H2,(H,17,19)(H,21,22)/b10-9-. The zero-order valence-electron chi connectivity index (χ0n) is 13.1. The van der Waals surface area contributed by atoms with Crippen molar-refractivity contribution >= 4 is 17.8 Å². The summed E-state index contributed by atoms with van der Waals surface area (Å²) in [4.78, 5) is 35.2. The molecule has 2 amide bonds. The SMILES string of the molecule is O=C(O)/C=C\C(=O)NCCCCCCN1CCCCCC1=O. The van der Waals surface area contributed by atoms with Crippen LogP contribution in [0, 0.1) is 0 Å². The fourth-order valence-corrected chi connectivity index (χ4v) is 2.47. The number of likely N-dealkylation sites (tertiary alicyclic amines) is 1. The van der Waals surface area contributed by atoms with Gasteiger partial charge in [0.05, 0.1) is 0 Å². The molecule has 0 radical (unpaired) electrons. The zero-order valence-corrected chi connectivity index (χ0v) is 13.1. The lowest BCUT2D eigenvalue weighted by Crippen LogP contribution is -2.31. The van der Waals surface area contributed by atoms with Crippen molar-refractivity contribution in [2.75, 3.05) is 19.6 Å². The quantitative estimate of drug-likeness (QED) is 0.501. The van der Waals surface area contributed by atoms with Crippen molar-refractivity contribution < 1.29 is 19.5 Å². The summed E-state index contributed by atoms with van der Waals surface area (Å²) in [5, 5.41) is 11.0. The molecule has 0 aromatic carbocycles. The van der Waals surface area contributed by atoms with E-state index in [0.717, 1.165) is 70.2 Å². The van der Waals surface area contributed by atoms with Crippen LogP contribution in [-0.2, 0) is 14.4 Å². The Labute approximate surface area is 131 Å². The molecule has 1 heterocycles. The van der Waals surface area contributed by atoms with Gasteiger partial charge in [-0.25, -0.2) is 4.79 Å². The van der Waals surface area contributed by atoms with E-state index in [4.69, 9.17) is 5.11 Å². The molecular weight excluding hydrogens is 284 g/mol. The maximum Gasteiger partial charge on any atom is 0.328 e. The highest BCUT2D eigenvalue weighted by molar-refractivity contribution is 5.93. The number of hydrogen-bond acceptors (Lipinski definition) is 3. The molecule has 1 saturated heterocycles. The maximum atomic E-state index is 11.8. The summed E-state index contributed by atoms with van der Waals surface area (Å²) in [5.74, 6) is -1.22. The minimum Gasteiger partial charge on any atom is -0.478 e.